The minimum atomic E-state index is 0.560. The number of anilines is 1. The third-order valence-corrected chi connectivity index (χ3v) is 4.36. The molecule has 0 unspecified atom stereocenters. The summed E-state index contributed by atoms with van der Waals surface area (Å²) >= 11 is 6.23. The van der Waals surface area contributed by atoms with Crippen LogP contribution in [0.5, 0.6) is 0 Å². The first kappa shape index (κ1) is 13.4. The number of rotatable bonds is 2. The van der Waals surface area contributed by atoms with Crippen molar-refractivity contribution in [3.8, 4) is 11.4 Å². The van der Waals surface area contributed by atoms with Gasteiger partial charge in [0.2, 0.25) is 0 Å². The van der Waals surface area contributed by atoms with Crippen LogP contribution < -0.4 is 4.90 Å². The lowest BCUT2D eigenvalue weighted by Crippen LogP contribution is -2.12. The zero-order valence-electron chi connectivity index (χ0n) is 12.1. The van der Waals surface area contributed by atoms with E-state index in [0.717, 1.165) is 42.0 Å². The minimum Gasteiger partial charge on any atom is -0.374 e. The summed E-state index contributed by atoms with van der Waals surface area (Å²) in [5, 5.41) is 0.560. The van der Waals surface area contributed by atoms with Gasteiger partial charge in [-0.3, -0.25) is 0 Å². The molecule has 0 aliphatic carbocycles. The predicted molar refractivity (Wildman–Crippen MR) is 83.6 cm³/mol. The van der Waals surface area contributed by atoms with E-state index in [9.17, 15) is 0 Å². The van der Waals surface area contributed by atoms with Gasteiger partial charge in [-0.1, -0.05) is 18.5 Å². The lowest BCUT2D eigenvalue weighted by molar-refractivity contribution is 0.956. The second kappa shape index (κ2) is 5.06. The molecular formula is C16H18ClN3. The molecule has 3 nitrogen and oxygen atoms in total. The maximum Gasteiger partial charge on any atom is 0.161 e. The normalized spacial score (nSPS) is 13.7. The summed E-state index contributed by atoms with van der Waals surface area (Å²) in [5.41, 5.74) is 5.73. The fourth-order valence-corrected chi connectivity index (χ4v) is 2.90. The van der Waals surface area contributed by atoms with E-state index in [1.165, 1.54) is 11.3 Å². The van der Waals surface area contributed by atoms with Crippen LogP contribution in [0.25, 0.3) is 11.4 Å². The largest absolute Gasteiger partial charge is 0.374 e. The zero-order valence-corrected chi connectivity index (χ0v) is 12.8. The van der Waals surface area contributed by atoms with Gasteiger partial charge in [-0.05, 0) is 43.5 Å². The van der Waals surface area contributed by atoms with Gasteiger partial charge in [-0.15, -0.1) is 0 Å². The molecule has 1 aromatic carbocycles. The lowest BCUT2D eigenvalue weighted by Gasteiger charge is -2.12. The summed E-state index contributed by atoms with van der Waals surface area (Å²) in [7, 11) is 2.12. The van der Waals surface area contributed by atoms with Gasteiger partial charge >= 0.3 is 0 Å². The fourth-order valence-electron chi connectivity index (χ4n) is 2.71. The van der Waals surface area contributed by atoms with E-state index in [1.807, 2.05) is 6.92 Å². The second-order valence-electron chi connectivity index (χ2n) is 5.28. The number of benzene rings is 1. The third kappa shape index (κ3) is 2.16. The van der Waals surface area contributed by atoms with Crippen LogP contribution in [0.1, 0.15) is 23.7 Å². The van der Waals surface area contributed by atoms with Crippen LogP contribution in [0.4, 0.5) is 5.69 Å². The van der Waals surface area contributed by atoms with Gasteiger partial charge in [0.25, 0.3) is 0 Å². The molecule has 0 N–H and O–H groups in total. The number of aromatic nitrogens is 2. The summed E-state index contributed by atoms with van der Waals surface area (Å²) in [6, 6.07) is 6.43. The van der Waals surface area contributed by atoms with Crippen LogP contribution in [-0.4, -0.2) is 23.6 Å². The van der Waals surface area contributed by atoms with Crippen LogP contribution in [0.15, 0.2) is 18.2 Å². The van der Waals surface area contributed by atoms with Gasteiger partial charge in [0.1, 0.15) is 5.15 Å². The van der Waals surface area contributed by atoms with Crippen LogP contribution in [-0.2, 0) is 12.8 Å². The Kier molecular flexibility index (Phi) is 3.38. The number of hydrogen-bond acceptors (Lipinski definition) is 3. The summed E-state index contributed by atoms with van der Waals surface area (Å²) in [6.45, 7) is 5.14. The number of likely N-dealkylation sites (N-methyl/N-ethyl adjacent to an activating group) is 1. The van der Waals surface area contributed by atoms with Crippen molar-refractivity contribution in [2.24, 2.45) is 0 Å². The predicted octanol–water partition coefficient (Wildman–Crippen LogP) is 3.66. The Labute approximate surface area is 124 Å². The molecule has 104 valence electrons. The molecule has 0 spiro atoms. The van der Waals surface area contributed by atoms with Crippen molar-refractivity contribution >= 4 is 17.3 Å². The Morgan fingerprint density at radius 1 is 1.30 bits per heavy atom. The molecule has 4 heteroatoms. The van der Waals surface area contributed by atoms with Gasteiger partial charge < -0.3 is 4.90 Å². The van der Waals surface area contributed by atoms with Crippen LogP contribution >= 0.6 is 11.6 Å². The Hall–Kier alpha value is -1.61. The van der Waals surface area contributed by atoms with E-state index >= 15 is 0 Å². The Bertz CT molecular complexity index is 667. The summed E-state index contributed by atoms with van der Waals surface area (Å²) in [6.07, 6.45) is 1.95. The number of nitrogens with zero attached hydrogens (tertiary/aromatic N) is 3. The number of halogens is 1. The van der Waals surface area contributed by atoms with Gasteiger partial charge in [-0.2, -0.15) is 0 Å². The highest BCUT2D eigenvalue weighted by molar-refractivity contribution is 6.30. The van der Waals surface area contributed by atoms with Crippen LogP contribution in [0.3, 0.4) is 0 Å². The maximum atomic E-state index is 6.23. The van der Waals surface area contributed by atoms with E-state index in [0.29, 0.717) is 5.15 Å². The summed E-state index contributed by atoms with van der Waals surface area (Å²) in [4.78, 5) is 11.4. The van der Waals surface area contributed by atoms with E-state index in [2.05, 4.69) is 47.0 Å². The number of hydrogen-bond donors (Lipinski definition) is 0. The average molecular weight is 288 g/mol. The first-order valence-corrected chi connectivity index (χ1v) is 7.35. The van der Waals surface area contributed by atoms with Gasteiger partial charge in [0, 0.05) is 36.1 Å². The van der Waals surface area contributed by atoms with Gasteiger partial charge in [0.15, 0.2) is 5.82 Å². The van der Waals surface area contributed by atoms with Crippen molar-refractivity contribution in [2.75, 3.05) is 18.5 Å². The molecule has 20 heavy (non-hydrogen) atoms. The zero-order chi connectivity index (χ0) is 14.3. The van der Waals surface area contributed by atoms with Crippen molar-refractivity contribution in [2.45, 2.75) is 26.7 Å². The molecule has 2 aromatic rings. The van der Waals surface area contributed by atoms with E-state index < -0.39 is 0 Å². The van der Waals surface area contributed by atoms with Crippen molar-refractivity contribution in [1.29, 1.82) is 0 Å². The third-order valence-electron chi connectivity index (χ3n) is 3.99. The monoisotopic (exact) mass is 287 g/mol. The molecule has 1 aliphatic rings. The molecule has 0 radical (unpaired) electrons. The lowest BCUT2D eigenvalue weighted by atomic mass is 10.1. The molecule has 1 aromatic heterocycles. The van der Waals surface area contributed by atoms with Crippen LogP contribution in [0.2, 0.25) is 5.15 Å². The van der Waals surface area contributed by atoms with Gasteiger partial charge in [0.05, 0.1) is 0 Å². The van der Waals surface area contributed by atoms with E-state index in [4.69, 9.17) is 11.6 Å². The highest BCUT2D eigenvalue weighted by Crippen LogP contribution is 2.31. The number of fused-ring (bicyclic) bond motifs is 1. The van der Waals surface area contributed by atoms with Crippen molar-refractivity contribution in [3.05, 3.63) is 40.2 Å². The van der Waals surface area contributed by atoms with Crippen molar-refractivity contribution in [1.82, 2.24) is 9.97 Å². The molecule has 0 amide bonds. The average Bonchev–Trinajstić information content (AvgIpc) is 2.83. The van der Waals surface area contributed by atoms with Crippen LogP contribution in [0, 0.1) is 6.92 Å². The quantitative estimate of drug-likeness (QED) is 0.789. The van der Waals surface area contributed by atoms with Crippen molar-refractivity contribution < 1.29 is 0 Å². The van der Waals surface area contributed by atoms with Crippen molar-refractivity contribution in [3.63, 3.8) is 0 Å². The minimum absolute atomic E-state index is 0.560. The first-order chi connectivity index (χ1) is 9.60. The standard InChI is InChI=1S/C16H18ClN3/c1-4-13-10(2)15(17)19-16(18-13)12-5-6-14-11(9-12)7-8-20(14)3/h5-6,9H,4,7-8H2,1-3H3. The highest BCUT2D eigenvalue weighted by Gasteiger charge is 2.17. The molecule has 3 rings (SSSR count). The number of aryl methyl sites for hydroxylation is 1. The molecule has 0 saturated carbocycles. The SMILES string of the molecule is CCc1nc(-c2ccc3c(c2)CCN3C)nc(Cl)c1C. The van der Waals surface area contributed by atoms with Gasteiger partial charge in [-0.25, -0.2) is 9.97 Å². The molecular weight excluding hydrogens is 270 g/mol. The van der Waals surface area contributed by atoms with E-state index in [-0.39, 0.29) is 0 Å². The van der Waals surface area contributed by atoms with E-state index in [1.54, 1.807) is 0 Å². The Balaban J connectivity index is 2.08. The molecule has 0 fully saturated rings. The molecule has 1 aliphatic heterocycles. The Morgan fingerprint density at radius 3 is 2.85 bits per heavy atom. The topological polar surface area (TPSA) is 29.0 Å². The first-order valence-electron chi connectivity index (χ1n) is 6.97. The molecule has 0 bridgehead atoms. The maximum absolute atomic E-state index is 6.23. The Morgan fingerprint density at radius 2 is 2.10 bits per heavy atom. The molecule has 2 heterocycles. The summed E-state index contributed by atoms with van der Waals surface area (Å²) in [5.74, 6) is 0.731. The smallest absolute Gasteiger partial charge is 0.161 e. The molecule has 0 atom stereocenters. The summed E-state index contributed by atoms with van der Waals surface area (Å²) < 4.78 is 0. The highest BCUT2D eigenvalue weighted by atomic mass is 35.5. The molecule has 0 saturated heterocycles. The fraction of sp³-hybridized carbons (Fsp3) is 0.375. The second-order valence-corrected chi connectivity index (χ2v) is 5.64.